The van der Waals surface area contributed by atoms with E-state index in [2.05, 4.69) is 13.2 Å². The van der Waals surface area contributed by atoms with Gasteiger partial charge in [-0.1, -0.05) is 12.2 Å². The van der Waals surface area contributed by atoms with E-state index in [4.69, 9.17) is 9.47 Å². The van der Waals surface area contributed by atoms with Gasteiger partial charge in [-0.15, -0.1) is 13.2 Å². The number of hydrogen-bond acceptors (Lipinski definition) is 3. The van der Waals surface area contributed by atoms with Gasteiger partial charge < -0.3 is 14.6 Å². The van der Waals surface area contributed by atoms with Gasteiger partial charge in [-0.05, 0) is 20.3 Å². The molecule has 0 bridgehead atoms. The molecule has 1 saturated heterocycles. The minimum atomic E-state index is -0.647. The topological polar surface area (TPSA) is 38.7 Å². The van der Waals surface area contributed by atoms with E-state index in [-0.39, 0.29) is 12.2 Å². The highest BCUT2D eigenvalue weighted by atomic mass is 16.8. The van der Waals surface area contributed by atoms with Gasteiger partial charge in [0.2, 0.25) is 0 Å². The molecule has 1 aliphatic heterocycles. The second kappa shape index (κ2) is 4.26. The monoisotopic (exact) mass is 198 g/mol. The van der Waals surface area contributed by atoms with Crippen molar-refractivity contribution in [3.8, 4) is 0 Å². The van der Waals surface area contributed by atoms with Crippen LogP contribution in [0.2, 0.25) is 0 Å². The normalized spacial score (nSPS) is 32.5. The first-order valence-corrected chi connectivity index (χ1v) is 4.77. The minimum Gasteiger partial charge on any atom is -0.390 e. The summed E-state index contributed by atoms with van der Waals surface area (Å²) in [6.45, 7) is 10.9. The van der Waals surface area contributed by atoms with Crippen LogP contribution in [0.5, 0.6) is 0 Å². The minimum absolute atomic E-state index is 0.250. The number of aliphatic hydroxyl groups excluding tert-OH is 1. The Morgan fingerprint density at radius 1 is 1.43 bits per heavy atom. The summed E-state index contributed by atoms with van der Waals surface area (Å²) in [4.78, 5) is 0. The Bertz CT molecular complexity index is 223. The molecule has 0 saturated carbocycles. The van der Waals surface area contributed by atoms with E-state index in [0.717, 1.165) is 0 Å². The van der Waals surface area contributed by atoms with E-state index in [1.54, 1.807) is 12.2 Å². The molecule has 0 spiro atoms. The van der Waals surface area contributed by atoms with Crippen LogP contribution >= 0.6 is 0 Å². The van der Waals surface area contributed by atoms with Gasteiger partial charge in [0.05, 0.1) is 6.10 Å². The van der Waals surface area contributed by atoms with Crippen LogP contribution in [-0.4, -0.2) is 29.2 Å². The summed E-state index contributed by atoms with van der Waals surface area (Å²) in [7, 11) is 0. The summed E-state index contributed by atoms with van der Waals surface area (Å²) in [6, 6.07) is 0. The molecule has 1 aliphatic rings. The SMILES string of the molecule is C=CCC(O)[C@H]1OC(C)(C)O[C@H]1C=C. The maximum atomic E-state index is 9.76. The lowest BCUT2D eigenvalue weighted by molar-refractivity contribution is -0.153. The average molecular weight is 198 g/mol. The zero-order valence-electron chi connectivity index (χ0n) is 8.77. The standard InChI is InChI=1S/C11H18O3/c1-5-7-8(12)10-9(6-2)13-11(3,4)14-10/h5-6,8-10,12H,1-2,7H2,3-4H3/t8?,9-,10+/m0/s1. The van der Waals surface area contributed by atoms with E-state index in [1.807, 2.05) is 13.8 Å². The summed E-state index contributed by atoms with van der Waals surface area (Å²) >= 11 is 0. The fourth-order valence-corrected chi connectivity index (χ4v) is 1.60. The molecule has 0 aromatic carbocycles. The second-order valence-electron chi connectivity index (χ2n) is 3.89. The number of ether oxygens (including phenoxy) is 2. The zero-order valence-corrected chi connectivity index (χ0v) is 8.77. The summed E-state index contributed by atoms with van der Waals surface area (Å²) in [5.41, 5.74) is 0. The molecule has 3 heteroatoms. The van der Waals surface area contributed by atoms with Crippen molar-refractivity contribution in [3.05, 3.63) is 25.3 Å². The summed E-state index contributed by atoms with van der Waals surface area (Å²) in [5.74, 6) is -0.647. The van der Waals surface area contributed by atoms with Crippen LogP contribution in [-0.2, 0) is 9.47 Å². The van der Waals surface area contributed by atoms with Crippen molar-refractivity contribution in [2.45, 2.75) is 44.4 Å². The third-order valence-electron chi connectivity index (χ3n) is 2.18. The van der Waals surface area contributed by atoms with Gasteiger partial charge in [0.25, 0.3) is 0 Å². The first-order chi connectivity index (χ1) is 6.50. The maximum absolute atomic E-state index is 9.76. The number of rotatable bonds is 4. The Kier molecular flexibility index (Phi) is 3.48. The van der Waals surface area contributed by atoms with Gasteiger partial charge in [0, 0.05) is 0 Å². The first-order valence-electron chi connectivity index (χ1n) is 4.77. The van der Waals surface area contributed by atoms with E-state index in [9.17, 15) is 5.11 Å². The molecule has 14 heavy (non-hydrogen) atoms. The third-order valence-corrected chi connectivity index (χ3v) is 2.18. The molecule has 0 aromatic rings. The van der Waals surface area contributed by atoms with Crippen molar-refractivity contribution in [3.63, 3.8) is 0 Å². The molecule has 3 atom stereocenters. The first kappa shape index (κ1) is 11.4. The van der Waals surface area contributed by atoms with Crippen molar-refractivity contribution >= 4 is 0 Å². The van der Waals surface area contributed by atoms with Gasteiger partial charge in [-0.3, -0.25) is 0 Å². The lowest BCUT2D eigenvalue weighted by Crippen LogP contribution is -2.34. The van der Waals surface area contributed by atoms with Gasteiger partial charge in [-0.2, -0.15) is 0 Å². The Morgan fingerprint density at radius 3 is 2.57 bits per heavy atom. The fourth-order valence-electron chi connectivity index (χ4n) is 1.60. The molecule has 0 aromatic heterocycles. The van der Waals surface area contributed by atoms with Gasteiger partial charge in [0.1, 0.15) is 12.2 Å². The summed E-state index contributed by atoms with van der Waals surface area (Å²) < 4.78 is 11.1. The van der Waals surface area contributed by atoms with Gasteiger partial charge in [-0.25, -0.2) is 0 Å². The van der Waals surface area contributed by atoms with Crippen LogP contribution in [0.25, 0.3) is 0 Å². The third kappa shape index (κ3) is 2.44. The molecular weight excluding hydrogens is 180 g/mol. The lowest BCUT2D eigenvalue weighted by atomic mass is 10.1. The van der Waals surface area contributed by atoms with Crippen LogP contribution in [0.3, 0.4) is 0 Å². The van der Waals surface area contributed by atoms with Crippen LogP contribution in [0.4, 0.5) is 0 Å². The average Bonchev–Trinajstić information content (AvgIpc) is 2.41. The Morgan fingerprint density at radius 2 is 2.07 bits per heavy atom. The predicted octanol–water partition coefficient (Wildman–Crippen LogP) is 1.63. The highest BCUT2D eigenvalue weighted by Gasteiger charge is 2.42. The van der Waals surface area contributed by atoms with Crippen molar-refractivity contribution in [2.75, 3.05) is 0 Å². The quantitative estimate of drug-likeness (QED) is 0.698. The molecule has 80 valence electrons. The Hall–Kier alpha value is -0.640. The highest BCUT2D eigenvalue weighted by Crippen LogP contribution is 2.31. The molecule has 3 nitrogen and oxygen atoms in total. The van der Waals surface area contributed by atoms with E-state index in [0.29, 0.717) is 6.42 Å². The maximum Gasteiger partial charge on any atom is 0.164 e. The Balaban J connectivity index is 2.67. The molecule has 0 aliphatic carbocycles. The molecular formula is C11H18O3. The van der Waals surface area contributed by atoms with E-state index < -0.39 is 11.9 Å². The van der Waals surface area contributed by atoms with Gasteiger partial charge in [0.15, 0.2) is 5.79 Å². The van der Waals surface area contributed by atoms with Crippen LogP contribution in [0, 0.1) is 0 Å². The zero-order chi connectivity index (χ0) is 10.8. The summed E-state index contributed by atoms with van der Waals surface area (Å²) in [5, 5.41) is 9.76. The highest BCUT2D eigenvalue weighted by molar-refractivity contribution is 4.97. The number of hydrogen-bond donors (Lipinski definition) is 1. The van der Waals surface area contributed by atoms with Crippen molar-refractivity contribution < 1.29 is 14.6 Å². The smallest absolute Gasteiger partial charge is 0.164 e. The van der Waals surface area contributed by atoms with E-state index >= 15 is 0 Å². The van der Waals surface area contributed by atoms with Crippen molar-refractivity contribution in [2.24, 2.45) is 0 Å². The fraction of sp³-hybridized carbons (Fsp3) is 0.636. The summed E-state index contributed by atoms with van der Waals surface area (Å²) in [6.07, 6.45) is 2.64. The molecule has 0 amide bonds. The molecule has 1 unspecified atom stereocenters. The van der Waals surface area contributed by atoms with Gasteiger partial charge >= 0.3 is 0 Å². The molecule has 1 N–H and O–H groups in total. The number of aliphatic hydroxyl groups is 1. The van der Waals surface area contributed by atoms with Crippen molar-refractivity contribution in [1.29, 1.82) is 0 Å². The molecule has 0 radical (unpaired) electrons. The lowest BCUT2D eigenvalue weighted by Gasteiger charge is -2.20. The van der Waals surface area contributed by atoms with Crippen molar-refractivity contribution in [1.82, 2.24) is 0 Å². The Labute approximate surface area is 85.0 Å². The molecule has 1 heterocycles. The second-order valence-corrected chi connectivity index (χ2v) is 3.89. The van der Waals surface area contributed by atoms with Crippen LogP contribution in [0.1, 0.15) is 20.3 Å². The molecule has 1 fully saturated rings. The largest absolute Gasteiger partial charge is 0.390 e. The van der Waals surface area contributed by atoms with E-state index in [1.165, 1.54) is 0 Å². The predicted molar refractivity (Wildman–Crippen MR) is 54.8 cm³/mol. The van der Waals surface area contributed by atoms with Crippen LogP contribution < -0.4 is 0 Å². The molecule has 1 rings (SSSR count). The van der Waals surface area contributed by atoms with Crippen LogP contribution in [0.15, 0.2) is 25.3 Å².